The van der Waals surface area contributed by atoms with Gasteiger partial charge in [-0.1, -0.05) is 0 Å². The van der Waals surface area contributed by atoms with Crippen molar-refractivity contribution in [3.63, 3.8) is 0 Å². The Balaban J connectivity index is 2.46. The molecule has 1 aromatic rings. The molecule has 0 spiro atoms. The maximum absolute atomic E-state index is 11.1. The van der Waals surface area contributed by atoms with E-state index in [2.05, 4.69) is 10.4 Å². The molecule has 0 aromatic carbocycles. The summed E-state index contributed by atoms with van der Waals surface area (Å²) in [6, 6.07) is 2.40. The number of hydrogen-bond acceptors (Lipinski definition) is 7. The highest BCUT2D eigenvalue weighted by Crippen LogP contribution is 2.13. The van der Waals surface area contributed by atoms with Gasteiger partial charge in [0.1, 0.15) is 4.92 Å². The normalized spacial score (nSPS) is 10.4. The minimum Gasteiger partial charge on any atom is -0.400 e. The average Bonchev–Trinajstić information content (AvgIpc) is 2.84. The summed E-state index contributed by atoms with van der Waals surface area (Å²) in [6.07, 6.45) is 1.00. The lowest BCUT2D eigenvalue weighted by Crippen LogP contribution is -2.39. The van der Waals surface area contributed by atoms with Crippen molar-refractivity contribution >= 4 is 23.9 Å². The highest BCUT2D eigenvalue weighted by molar-refractivity contribution is 6.35. The third-order valence-corrected chi connectivity index (χ3v) is 1.75. The number of hydrogen-bond donors (Lipinski definition) is 3. The van der Waals surface area contributed by atoms with Gasteiger partial charge in [-0.3, -0.25) is 19.7 Å². The molecule has 2 amide bonds. The van der Waals surface area contributed by atoms with Crippen LogP contribution < -0.4 is 10.7 Å². The van der Waals surface area contributed by atoms with Crippen molar-refractivity contribution in [2.75, 3.05) is 13.2 Å². The van der Waals surface area contributed by atoms with Crippen molar-refractivity contribution in [2.45, 2.75) is 0 Å². The van der Waals surface area contributed by atoms with Crippen LogP contribution in [0.1, 0.15) is 5.76 Å². The molecule has 3 N–H and O–H groups in total. The van der Waals surface area contributed by atoms with E-state index in [1.165, 1.54) is 6.07 Å². The quantitative estimate of drug-likeness (QED) is 0.263. The molecule has 1 rings (SSSR count). The van der Waals surface area contributed by atoms with Gasteiger partial charge in [0, 0.05) is 6.54 Å². The number of aliphatic hydroxyl groups is 1. The van der Waals surface area contributed by atoms with Crippen molar-refractivity contribution in [1.82, 2.24) is 10.7 Å². The van der Waals surface area contributed by atoms with E-state index < -0.39 is 22.6 Å². The molecule has 0 saturated heterocycles. The zero-order valence-corrected chi connectivity index (χ0v) is 9.53. The number of carbonyl (C=O) groups excluding carboxylic acids is 2. The summed E-state index contributed by atoms with van der Waals surface area (Å²) in [7, 11) is 0. The van der Waals surface area contributed by atoms with Gasteiger partial charge in [-0.25, -0.2) is 5.43 Å². The molecule has 0 bridgehead atoms. The van der Waals surface area contributed by atoms with Crippen molar-refractivity contribution in [3.05, 3.63) is 28.0 Å². The molecule has 0 radical (unpaired) electrons. The summed E-state index contributed by atoms with van der Waals surface area (Å²) in [5.41, 5.74) is 1.89. The van der Waals surface area contributed by atoms with Gasteiger partial charge in [-0.05, 0) is 6.07 Å². The zero-order chi connectivity index (χ0) is 14.3. The van der Waals surface area contributed by atoms with Gasteiger partial charge in [0.05, 0.1) is 18.9 Å². The van der Waals surface area contributed by atoms with Crippen LogP contribution in [0.3, 0.4) is 0 Å². The third kappa shape index (κ3) is 4.55. The molecule has 0 saturated carbocycles. The van der Waals surface area contributed by atoms with Crippen LogP contribution in [-0.2, 0) is 9.59 Å². The molecule has 0 unspecified atom stereocenters. The van der Waals surface area contributed by atoms with Crippen LogP contribution in [0, 0.1) is 10.1 Å². The Morgan fingerprint density at radius 2 is 2.21 bits per heavy atom. The van der Waals surface area contributed by atoms with E-state index in [9.17, 15) is 19.7 Å². The van der Waals surface area contributed by atoms with Crippen LogP contribution in [0.2, 0.25) is 0 Å². The fraction of sp³-hybridized carbons (Fsp3) is 0.222. The van der Waals surface area contributed by atoms with Crippen molar-refractivity contribution < 1.29 is 24.0 Å². The molecule has 1 heterocycles. The monoisotopic (exact) mass is 270 g/mol. The summed E-state index contributed by atoms with van der Waals surface area (Å²) in [5, 5.41) is 24.2. The standard InChI is InChI=1S/C9H10N4O6/c14-4-3-10-8(15)9(16)12-11-5-6-1-2-7(19-6)13(17)18/h1-2,5,14H,3-4H2,(H,10,15)(H,12,16)/b11-5+. The second-order valence-corrected chi connectivity index (χ2v) is 3.11. The summed E-state index contributed by atoms with van der Waals surface area (Å²) in [6.45, 7) is -0.349. The van der Waals surface area contributed by atoms with E-state index in [1.807, 2.05) is 5.43 Å². The Morgan fingerprint density at radius 3 is 2.79 bits per heavy atom. The van der Waals surface area contributed by atoms with E-state index in [1.54, 1.807) is 0 Å². The number of furan rings is 1. The summed E-state index contributed by atoms with van der Waals surface area (Å²) < 4.78 is 4.72. The summed E-state index contributed by atoms with van der Waals surface area (Å²) in [4.78, 5) is 31.7. The average molecular weight is 270 g/mol. The maximum Gasteiger partial charge on any atom is 0.433 e. The highest BCUT2D eigenvalue weighted by Gasteiger charge is 2.12. The predicted octanol–water partition coefficient (Wildman–Crippen LogP) is -1.25. The Kier molecular flexibility index (Phi) is 5.17. The molecule has 102 valence electrons. The largest absolute Gasteiger partial charge is 0.433 e. The molecule has 19 heavy (non-hydrogen) atoms. The van der Waals surface area contributed by atoms with E-state index in [4.69, 9.17) is 9.52 Å². The Morgan fingerprint density at radius 1 is 1.47 bits per heavy atom. The van der Waals surface area contributed by atoms with Gasteiger partial charge >= 0.3 is 17.7 Å². The first kappa shape index (κ1) is 14.3. The molecule has 0 aliphatic carbocycles. The first-order valence-corrected chi connectivity index (χ1v) is 5.01. The highest BCUT2D eigenvalue weighted by atomic mass is 16.6. The summed E-state index contributed by atoms with van der Waals surface area (Å²) in [5.74, 6) is -2.42. The van der Waals surface area contributed by atoms with E-state index in [-0.39, 0.29) is 18.9 Å². The van der Waals surface area contributed by atoms with Gasteiger partial charge in [0.15, 0.2) is 5.76 Å². The fourth-order valence-corrected chi connectivity index (χ4v) is 0.965. The van der Waals surface area contributed by atoms with Crippen LogP contribution >= 0.6 is 0 Å². The summed E-state index contributed by atoms with van der Waals surface area (Å²) >= 11 is 0. The lowest BCUT2D eigenvalue weighted by molar-refractivity contribution is -0.402. The Hall–Kier alpha value is -2.75. The van der Waals surface area contributed by atoms with Crippen molar-refractivity contribution in [2.24, 2.45) is 5.10 Å². The van der Waals surface area contributed by atoms with Crippen molar-refractivity contribution in [1.29, 1.82) is 0 Å². The number of amides is 2. The number of nitrogens with zero attached hydrogens (tertiary/aromatic N) is 2. The number of nitro groups is 1. The van der Waals surface area contributed by atoms with Gasteiger partial charge in [0.25, 0.3) is 0 Å². The number of aliphatic hydroxyl groups excluding tert-OH is 1. The molecule has 1 aromatic heterocycles. The first-order valence-electron chi connectivity index (χ1n) is 5.01. The second kappa shape index (κ2) is 6.86. The first-order chi connectivity index (χ1) is 9.04. The molecule has 0 atom stereocenters. The molecule has 0 aliphatic rings. The minimum atomic E-state index is -1.04. The van der Waals surface area contributed by atoms with Gasteiger partial charge in [-0.2, -0.15) is 5.10 Å². The molecule has 10 heteroatoms. The molecule has 0 fully saturated rings. The van der Waals surface area contributed by atoms with Gasteiger partial charge in [-0.15, -0.1) is 0 Å². The smallest absolute Gasteiger partial charge is 0.400 e. The Labute approximate surface area is 106 Å². The second-order valence-electron chi connectivity index (χ2n) is 3.11. The fourth-order valence-electron chi connectivity index (χ4n) is 0.965. The van der Waals surface area contributed by atoms with Crippen LogP contribution in [-0.4, -0.2) is 41.2 Å². The Bertz CT molecular complexity index is 509. The van der Waals surface area contributed by atoms with E-state index >= 15 is 0 Å². The minimum absolute atomic E-state index is 0.0442. The van der Waals surface area contributed by atoms with Gasteiger partial charge in [0.2, 0.25) is 0 Å². The maximum atomic E-state index is 11.1. The number of rotatable bonds is 5. The lowest BCUT2D eigenvalue weighted by atomic mass is 10.5. The van der Waals surface area contributed by atoms with Crippen molar-refractivity contribution in [3.8, 4) is 0 Å². The number of nitrogens with one attached hydrogen (secondary N) is 2. The van der Waals surface area contributed by atoms with Gasteiger partial charge < -0.3 is 14.8 Å². The van der Waals surface area contributed by atoms with Crippen LogP contribution in [0.25, 0.3) is 0 Å². The van der Waals surface area contributed by atoms with Crippen LogP contribution in [0.15, 0.2) is 21.7 Å². The van der Waals surface area contributed by atoms with Crippen LogP contribution in [0.4, 0.5) is 5.88 Å². The van der Waals surface area contributed by atoms with Crippen LogP contribution in [0.5, 0.6) is 0 Å². The molecular weight excluding hydrogens is 260 g/mol. The zero-order valence-electron chi connectivity index (χ0n) is 9.53. The molecule has 10 nitrogen and oxygen atoms in total. The predicted molar refractivity (Wildman–Crippen MR) is 61.2 cm³/mol. The number of hydrazone groups is 1. The lowest BCUT2D eigenvalue weighted by Gasteiger charge is -2.00. The third-order valence-electron chi connectivity index (χ3n) is 1.75. The number of carbonyl (C=O) groups is 2. The SMILES string of the molecule is O=C(NCCO)C(=O)N/N=C/c1ccc([N+](=O)[O-])o1. The molecule has 0 aliphatic heterocycles. The topological polar surface area (TPSA) is 147 Å². The molecular formula is C9H10N4O6. The van der Waals surface area contributed by atoms with E-state index in [0.717, 1.165) is 12.3 Å². The van der Waals surface area contributed by atoms with E-state index in [0.29, 0.717) is 0 Å².